The zero-order chi connectivity index (χ0) is 12.7. The molecule has 0 fully saturated rings. The molecule has 0 amide bonds. The van der Waals surface area contributed by atoms with Gasteiger partial charge in [0.25, 0.3) is 0 Å². The lowest BCUT2D eigenvalue weighted by Crippen LogP contribution is -2.18. The second kappa shape index (κ2) is 7.07. The molecular weight excluding hydrogens is 214 g/mol. The Labute approximate surface area is 103 Å². The van der Waals surface area contributed by atoms with Gasteiger partial charge in [0.2, 0.25) is 0 Å². The standard InChI is InChI=1S/C14H21NO2/c1-2-11(14(16)17)10-13(8-9-15)12-6-4-3-5-7-12/h3-7,11,13H,2,8-10,15H2,1H3,(H,16,17). The second-order valence-electron chi connectivity index (χ2n) is 4.36. The van der Waals surface area contributed by atoms with Gasteiger partial charge in [-0.3, -0.25) is 4.79 Å². The van der Waals surface area contributed by atoms with Crippen LogP contribution in [0.4, 0.5) is 0 Å². The summed E-state index contributed by atoms with van der Waals surface area (Å²) in [6.07, 6.45) is 2.18. The highest BCUT2D eigenvalue weighted by molar-refractivity contribution is 5.70. The molecule has 0 bridgehead atoms. The van der Waals surface area contributed by atoms with Gasteiger partial charge in [0.1, 0.15) is 0 Å². The molecule has 3 nitrogen and oxygen atoms in total. The van der Waals surface area contributed by atoms with Crippen LogP contribution in [0, 0.1) is 5.92 Å². The van der Waals surface area contributed by atoms with E-state index >= 15 is 0 Å². The summed E-state index contributed by atoms with van der Waals surface area (Å²) in [6, 6.07) is 10.0. The van der Waals surface area contributed by atoms with Crippen LogP contribution in [0.1, 0.15) is 37.7 Å². The van der Waals surface area contributed by atoms with Crippen molar-refractivity contribution in [3.63, 3.8) is 0 Å². The zero-order valence-corrected chi connectivity index (χ0v) is 10.3. The maximum Gasteiger partial charge on any atom is 0.306 e. The summed E-state index contributed by atoms with van der Waals surface area (Å²) in [6.45, 7) is 2.51. The summed E-state index contributed by atoms with van der Waals surface area (Å²) in [5, 5.41) is 9.11. The van der Waals surface area contributed by atoms with Gasteiger partial charge in [0.05, 0.1) is 5.92 Å². The molecule has 0 aliphatic heterocycles. The van der Waals surface area contributed by atoms with Gasteiger partial charge in [-0.25, -0.2) is 0 Å². The van der Waals surface area contributed by atoms with Crippen molar-refractivity contribution in [1.82, 2.24) is 0 Å². The summed E-state index contributed by atoms with van der Waals surface area (Å²) < 4.78 is 0. The van der Waals surface area contributed by atoms with Crippen molar-refractivity contribution in [2.45, 2.75) is 32.1 Å². The molecule has 0 radical (unpaired) electrons. The molecule has 0 aromatic heterocycles. The minimum Gasteiger partial charge on any atom is -0.481 e. The van der Waals surface area contributed by atoms with E-state index in [0.717, 1.165) is 6.42 Å². The molecule has 2 atom stereocenters. The van der Waals surface area contributed by atoms with Gasteiger partial charge < -0.3 is 10.8 Å². The van der Waals surface area contributed by atoms with Gasteiger partial charge in [-0.05, 0) is 37.3 Å². The SMILES string of the molecule is CCC(CC(CCN)c1ccccc1)C(=O)O. The van der Waals surface area contributed by atoms with Crippen molar-refractivity contribution in [2.75, 3.05) is 6.54 Å². The molecule has 1 rings (SSSR count). The summed E-state index contributed by atoms with van der Waals surface area (Å²) >= 11 is 0. The van der Waals surface area contributed by atoms with E-state index in [4.69, 9.17) is 10.8 Å². The van der Waals surface area contributed by atoms with Gasteiger partial charge >= 0.3 is 5.97 Å². The molecule has 2 unspecified atom stereocenters. The number of benzene rings is 1. The molecule has 0 saturated carbocycles. The third kappa shape index (κ3) is 4.19. The minimum absolute atomic E-state index is 0.252. The molecule has 3 heteroatoms. The number of carboxylic acid groups (broad SMARTS) is 1. The van der Waals surface area contributed by atoms with E-state index in [-0.39, 0.29) is 11.8 Å². The lowest BCUT2D eigenvalue weighted by atomic mass is 9.85. The minimum atomic E-state index is -0.703. The summed E-state index contributed by atoms with van der Waals surface area (Å²) in [5.74, 6) is -0.723. The highest BCUT2D eigenvalue weighted by atomic mass is 16.4. The van der Waals surface area contributed by atoms with E-state index in [0.29, 0.717) is 19.4 Å². The van der Waals surface area contributed by atoms with Crippen molar-refractivity contribution < 1.29 is 9.90 Å². The van der Waals surface area contributed by atoms with E-state index in [2.05, 4.69) is 12.1 Å². The lowest BCUT2D eigenvalue weighted by molar-refractivity contribution is -0.142. The zero-order valence-electron chi connectivity index (χ0n) is 10.3. The molecule has 94 valence electrons. The van der Waals surface area contributed by atoms with Crippen LogP contribution in [0.15, 0.2) is 30.3 Å². The smallest absolute Gasteiger partial charge is 0.306 e. The molecule has 0 aliphatic rings. The number of hydrogen-bond acceptors (Lipinski definition) is 2. The van der Waals surface area contributed by atoms with Gasteiger partial charge in [0.15, 0.2) is 0 Å². The number of rotatable bonds is 7. The predicted molar refractivity (Wildman–Crippen MR) is 68.9 cm³/mol. The highest BCUT2D eigenvalue weighted by Crippen LogP contribution is 2.28. The van der Waals surface area contributed by atoms with Crippen molar-refractivity contribution in [1.29, 1.82) is 0 Å². The van der Waals surface area contributed by atoms with Crippen LogP contribution in [0.25, 0.3) is 0 Å². The number of nitrogens with two attached hydrogens (primary N) is 1. The Kier molecular flexibility index (Phi) is 5.70. The van der Waals surface area contributed by atoms with Crippen molar-refractivity contribution in [3.05, 3.63) is 35.9 Å². The topological polar surface area (TPSA) is 63.3 Å². The van der Waals surface area contributed by atoms with Gasteiger partial charge in [0, 0.05) is 0 Å². The largest absolute Gasteiger partial charge is 0.481 e. The van der Waals surface area contributed by atoms with E-state index in [1.165, 1.54) is 5.56 Å². The number of carboxylic acids is 1. The second-order valence-corrected chi connectivity index (χ2v) is 4.36. The lowest BCUT2D eigenvalue weighted by Gasteiger charge is -2.20. The van der Waals surface area contributed by atoms with E-state index in [1.807, 2.05) is 25.1 Å². The van der Waals surface area contributed by atoms with Crippen LogP contribution in [0.2, 0.25) is 0 Å². The molecular formula is C14H21NO2. The molecule has 1 aromatic rings. The third-order valence-corrected chi connectivity index (χ3v) is 3.20. The fourth-order valence-corrected chi connectivity index (χ4v) is 2.13. The van der Waals surface area contributed by atoms with Crippen LogP contribution in [0.3, 0.4) is 0 Å². The fraction of sp³-hybridized carbons (Fsp3) is 0.500. The monoisotopic (exact) mass is 235 g/mol. The molecule has 0 saturated heterocycles. The fourth-order valence-electron chi connectivity index (χ4n) is 2.13. The predicted octanol–water partition coefficient (Wildman–Crippen LogP) is 2.62. The van der Waals surface area contributed by atoms with Crippen LogP contribution >= 0.6 is 0 Å². The molecule has 0 heterocycles. The molecule has 3 N–H and O–H groups in total. The van der Waals surface area contributed by atoms with Gasteiger partial charge in [-0.1, -0.05) is 37.3 Å². The van der Waals surface area contributed by atoms with Crippen LogP contribution < -0.4 is 5.73 Å². The normalized spacial score (nSPS) is 14.2. The Morgan fingerprint density at radius 2 is 2.00 bits per heavy atom. The Hall–Kier alpha value is -1.35. The summed E-state index contributed by atoms with van der Waals surface area (Å²) in [5.41, 5.74) is 6.80. The Balaban J connectivity index is 2.76. The Morgan fingerprint density at radius 1 is 1.35 bits per heavy atom. The molecule has 1 aromatic carbocycles. The first-order valence-corrected chi connectivity index (χ1v) is 6.16. The van der Waals surface area contributed by atoms with Crippen LogP contribution in [-0.2, 0) is 4.79 Å². The average Bonchev–Trinajstić information content (AvgIpc) is 2.35. The summed E-state index contributed by atoms with van der Waals surface area (Å²) in [4.78, 5) is 11.1. The first kappa shape index (κ1) is 13.7. The van der Waals surface area contributed by atoms with Crippen LogP contribution in [-0.4, -0.2) is 17.6 Å². The first-order valence-electron chi connectivity index (χ1n) is 6.16. The van der Waals surface area contributed by atoms with Gasteiger partial charge in [-0.2, -0.15) is 0 Å². The highest BCUT2D eigenvalue weighted by Gasteiger charge is 2.21. The quantitative estimate of drug-likeness (QED) is 0.763. The third-order valence-electron chi connectivity index (χ3n) is 3.20. The molecule has 0 spiro atoms. The van der Waals surface area contributed by atoms with E-state index < -0.39 is 5.97 Å². The average molecular weight is 235 g/mol. The maximum atomic E-state index is 11.1. The Bertz CT molecular complexity index is 337. The number of hydrogen-bond donors (Lipinski definition) is 2. The Morgan fingerprint density at radius 3 is 2.47 bits per heavy atom. The molecule has 0 aliphatic carbocycles. The number of carbonyl (C=O) groups is 1. The van der Waals surface area contributed by atoms with E-state index in [1.54, 1.807) is 0 Å². The molecule has 17 heavy (non-hydrogen) atoms. The van der Waals surface area contributed by atoms with Crippen molar-refractivity contribution in [3.8, 4) is 0 Å². The summed E-state index contributed by atoms with van der Waals surface area (Å²) in [7, 11) is 0. The maximum absolute atomic E-state index is 11.1. The van der Waals surface area contributed by atoms with Crippen molar-refractivity contribution >= 4 is 5.97 Å². The van der Waals surface area contributed by atoms with Gasteiger partial charge in [-0.15, -0.1) is 0 Å². The van der Waals surface area contributed by atoms with Crippen molar-refractivity contribution in [2.24, 2.45) is 11.7 Å². The van der Waals surface area contributed by atoms with E-state index in [9.17, 15) is 4.79 Å². The first-order chi connectivity index (χ1) is 8.19. The number of aliphatic carboxylic acids is 1. The van der Waals surface area contributed by atoms with Crippen LogP contribution in [0.5, 0.6) is 0 Å².